The summed E-state index contributed by atoms with van der Waals surface area (Å²) in [5, 5.41) is 14.2. The Morgan fingerprint density at radius 3 is 2.13 bits per heavy atom. The Hall–Kier alpha value is -1.10. The lowest BCUT2D eigenvalue weighted by Gasteiger charge is -2.19. The van der Waals surface area contributed by atoms with Crippen LogP contribution in [0, 0.1) is 0 Å². The molecule has 0 aliphatic carbocycles. The molecule has 5 nitrogen and oxygen atoms in total. The summed E-state index contributed by atoms with van der Waals surface area (Å²) >= 11 is 0. The highest BCUT2D eigenvalue weighted by Gasteiger charge is 2.16. The summed E-state index contributed by atoms with van der Waals surface area (Å²) in [6, 6.07) is -0.492. The smallest absolute Gasteiger partial charge is 0.304 e. The molecule has 0 aliphatic rings. The zero-order chi connectivity index (χ0) is 12.0. The molecule has 0 saturated heterocycles. The first-order valence-corrected chi connectivity index (χ1v) is 5.11. The number of amides is 1. The molecule has 0 aliphatic heterocycles. The van der Waals surface area contributed by atoms with Crippen molar-refractivity contribution in [2.75, 3.05) is 0 Å². The Labute approximate surface area is 90.2 Å². The number of carboxylic acid groups (broad SMARTS) is 1. The van der Waals surface area contributed by atoms with Crippen LogP contribution in [0.5, 0.6) is 0 Å². The zero-order valence-electron chi connectivity index (χ0n) is 9.70. The highest BCUT2D eigenvalue weighted by Crippen LogP contribution is 1.94. The lowest BCUT2D eigenvalue weighted by molar-refractivity contribution is -0.137. The topological polar surface area (TPSA) is 78.4 Å². The van der Waals surface area contributed by atoms with Gasteiger partial charge in [-0.25, -0.2) is 0 Å². The molecule has 3 N–H and O–H groups in total. The van der Waals surface area contributed by atoms with Crippen molar-refractivity contribution in [1.82, 2.24) is 10.6 Å². The van der Waals surface area contributed by atoms with Crippen molar-refractivity contribution >= 4 is 11.9 Å². The van der Waals surface area contributed by atoms with Crippen molar-refractivity contribution in [2.24, 2.45) is 0 Å². The van der Waals surface area contributed by atoms with Crippen molar-refractivity contribution in [1.29, 1.82) is 0 Å². The maximum absolute atomic E-state index is 11.5. The van der Waals surface area contributed by atoms with E-state index in [1.54, 1.807) is 13.8 Å². The van der Waals surface area contributed by atoms with Crippen molar-refractivity contribution < 1.29 is 14.7 Å². The monoisotopic (exact) mass is 216 g/mol. The van der Waals surface area contributed by atoms with Gasteiger partial charge < -0.3 is 15.7 Å². The number of hydrogen-bond donors (Lipinski definition) is 3. The van der Waals surface area contributed by atoms with Crippen LogP contribution in [0.3, 0.4) is 0 Å². The van der Waals surface area contributed by atoms with Gasteiger partial charge in [0.25, 0.3) is 0 Å². The molecule has 0 spiro atoms. The van der Waals surface area contributed by atoms with E-state index < -0.39 is 5.97 Å². The van der Waals surface area contributed by atoms with Gasteiger partial charge >= 0.3 is 5.97 Å². The van der Waals surface area contributed by atoms with Crippen LogP contribution in [0.2, 0.25) is 0 Å². The fraction of sp³-hybridized carbons (Fsp3) is 0.800. The Bertz CT molecular complexity index is 229. The van der Waals surface area contributed by atoms with Crippen LogP contribution in [0.4, 0.5) is 0 Å². The summed E-state index contributed by atoms with van der Waals surface area (Å²) in [5.41, 5.74) is 0. The maximum Gasteiger partial charge on any atom is 0.304 e. The predicted octanol–water partition coefficient (Wildman–Crippen LogP) is 0.352. The summed E-state index contributed by atoms with van der Waals surface area (Å²) in [5.74, 6) is -0.978. The summed E-state index contributed by atoms with van der Waals surface area (Å²) in [6.07, 6.45) is 0.0132. The van der Waals surface area contributed by atoms with Crippen molar-refractivity contribution in [3.8, 4) is 0 Å². The summed E-state index contributed by atoms with van der Waals surface area (Å²) in [6.45, 7) is 7.22. The van der Waals surface area contributed by atoms with Gasteiger partial charge in [0, 0.05) is 12.1 Å². The van der Waals surface area contributed by atoms with E-state index in [0.717, 1.165) is 0 Å². The molecule has 0 radical (unpaired) electrons. The number of carbonyl (C=O) groups is 2. The van der Waals surface area contributed by atoms with Crippen LogP contribution in [0.25, 0.3) is 0 Å². The first-order valence-electron chi connectivity index (χ1n) is 5.11. The number of rotatable bonds is 6. The molecule has 0 heterocycles. The minimum atomic E-state index is -0.869. The van der Waals surface area contributed by atoms with Crippen LogP contribution in [-0.2, 0) is 9.59 Å². The second-order valence-corrected chi connectivity index (χ2v) is 4.05. The minimum absolute atomic E-state index is 0.0132. The molecule has 0 aromatic carbocycles. The number of carbonyl (C=O) groups excluding carboxylic acids is 1. The molecule has 0 aromatic heterocycles. The summed E-state index contributed by atoms with van der Waals surface area (Å²) in [7, 11) is 0. The highest BCUT2D eigenvalue weighted by molar-refractivity contribution is 5.81. The summed E-state index contributed by atoms with van der Waals surface area (Å²) in [4.78, 5) is 21.9. The van der Waals surface area contributed by atoms with E-state index in [2.05, 4.69) is 10.6 Å². The average molecular weight is 216 g/mol. The molecule has 5 heteroatoms. The van der Waals surface area contributed by atoms with E-state index in [4.69, 9.17) is 5.11 Å². The quantitative estimate of drug-likeness (QED) is 0.598. The second-order valence-electron chi connectivity index (χ2n) is 4.05. The minimum Gasteiger partial charge on any atom is -0.481 e. The molecule has 88 valence electrons. The van der Waals surface area contributed by atoms with E-state index in [9.17, 15) is 9.59 Å². The largest absolute Gasteiger partial charge is 0.481 e. The normalized spacial score (nSPS) is 14.7. The average Bonchev–Trinajstić information content (AvgIpc) is 2.00. The highest BCUT2D eigenvalue weighted by atomic mass is 16.4. The molecule has 15 heavy (non-hydrogen) atoms. The van der Waals surface area contributed by atoms with Crippen LogP contribution in [0.1, 0.15) is 34.1 Å². The van der Waals surface area contributed by atoms with Gasteiger partial charge in [-0.2, -0.15) is 0 Å². The predicted molar refractivity (Wildman–Crippen MR) is 57.6 cm³/mol. The van der Waals surface area contributed by atoms with Crippen molar-refractivity contribution in [3.05, 3.63) is 0 Å². The van der Waals surface area contributed by atoms with Crippen LogP contribution in [0.15, 0.2) is 0 Å². The molecule has 0 saturated carbocycles. The number of hydrogen-bond acceptors (Lipinski definition) is 3. The first-order chi connectivity index (χ1) is 6.82. The van der Waals surface area contributed by atoms with Crippen molar-refractivity contribution in [3.63, 3.8) is 0 Å². The van der Waals surface area contributed by atoms with Crippen LogP contribution in [-0.4, -0.2) is 35.1 Å². The first kappa shape index (κ1) is 13.9. The van der Waals surface area contributed by atoms with Crippen LogP contribution < -0.4 is 10.6 Å². The molecule has 0 aromatic rings. The van der Waals surface area contributed by atoms with Crippen molar-refractivity contribution in [2.45, 2.75) is 52.2 Å². The Morgan fingerprint density at radius 1 is 1.20 bits per heavy atom. The molecule has 2 atom stereocenters. The Morgan fingerprint density at radius 2 is 1.73 bits per heavy atom. The van der Waals surface area contributed by atoms with Gasteiger partial charge in [-0.1, -0.05) is 0 Å². The van der Waals surface area contributed by atoms with Gasteiger partial charge in [-0.05, 0) is 27.7 Å². The number of nitrogens with one attached hydrogen (secondary N) is 2. The van der Waals surface area contributed by atoms with Gasteiger partial charge in [0.05, 0.1) is 12.5 Å². The second kappa shape index (κ2) is 6.40. The SMILES string of the molecule is CC(C)NC(=O)C(C)NC(C)CC(=O)O. The summed E-state index contributed by atoms with van der Waals surface area (Å²) < 4.78 is 0. The van der Waals surface area contributed by atoms with E-state index in [1.807, 2.05) is 13.8 Å². The molecule has 0 rings (SSSR count). The van der Waals surface area contributed by atoms with Gasteiger partial charge in [-0.15, -0.1) is 0 Å². The lowest BCUT2D eigenvalue weighted by atomic mass is 10.2. The molecule has 1 amide bonds. The van der Waals surface area contributed by atoms with E-state index in [1.165, 1.54) is 0 Å². The van der Waals surface area contributed by atoms with E-state index >= 15 is 0 Å². The molecule has 0 bridgehead atoms. The van der Waals surface area contributed by atoms with Gasteiger partial charge in [-0.3, -0.25) is 9.59 Å². The van der Waals surface area contributed by atoms with E-state index in [-0.39, 0.29) is 30.5 Å². The maximum atomic E-state index is 11.5. The molecule has 0 fully saturated rings. The zero-order valence-corrected chi connectivity index (χ0v) is 9.70. The van der Waals surface area contributed by atoms with Gasteiger partial charge in [0.15, 0.2) is 0 Å². The molecule has 2 unspecified atom stereocenters. The van der Waals surface area contributed by atoms with Gasteiger partial charge in [0.1, 0.15) is 0 Å². The third kappa shape index (κ3) is 6.90. The van der Waals surface area contributed by atoms with E-state index in [0.29, 0.717) is 0 Å². The number of carboxylic acids is 1. The number of aliphatic carboxylic acids is 1. The molecular formula is C10H20N2O3. The third-order valence-corrected chi connectivity index (χ3v) is 1.84. The fourth-order valence-corrected chi connectivity index (χ4v) is 1.23. The third-order valence-electron chi connectivity index (χ3n) is 1.84. The standard InChI is InChI=1S/C10H20N2O3/c1-6(2)11-10(15)8(4)12-7(3)5-9(13)14/h6-8,12H,5H2,1-4H3,(H,11,15)(H,13,14). The Kier molecular flexibility index (Phi) is 5.93. The molecular weight excluding hydrogens is 196 g/mol. The fourth-order valence-electron chi connectivity index (χ4n) is 1.23. The Balaban J connectivity index is 3.95. The van der Waals surface area contributed by atoms with Gasteiger partial charge in [0.2, 0.25) is 5.91 Å². The van der Waals surface area contributed by atoms with Crippen LogP contribution >= 0.6 is 0 Å². The lowest BCUT2D eigenvalue weighted by Crippen LogP contribution is -2.47.